The maximum Gasteiger partial charge on any atom is 0.349 e. The van der Waals surface area contributed by atoms with Crippen molar-refractivity contribution in [2.45, 2.75) is 4.90 Å². The molecule has 0 aliphatic rings. The molecule has 0 heterocycles. The number of benzene rings is 2. The van der Waals surface area contributed by atoms with Crippen molar-refractivity contribution in [3.05, 3.63) is 60.7 Å². The smallest absolute Gasteiger partial charge is 0.349 e. The SMILES string of the molecule is C=Cc1ccc(OC(=O)COc2ccc(S(=O)(=O)O)cc2)cc1. The predicted molar refractivity (Wildman–Crippen MR) is 83.9 cm³/mol. The first-order valence-electron chi connectivity index (χ1n) is 6.52. The van der Waals surface area contributed by atoms with Crippen LogP contribution in [0.25, 0.3) is 6.08 Å². The van der Waals surface area contributed by atoms with Gasteiger partial charge in [-0.15, -0.1) is 0 Å². The lowest BCUT2D eigenvalue weighted by atomic mass is 10.2. The van der Waals surface area contributed by atoms with E-state index in [2.05, 4.69) is 6.58 Å². The van der Waals surface area contributed by atoms with Crippen molar-refractivity contribution >= 4 is 22.2 Å². The Bertz CT molecular complexity index is 791. The molecule has 2 rings (SSSR count). The van der Waals surface area contributed by atoms with Crippen molar-refractivity contribution in [3.63, 3.8) is 0 Å². The second-order valence-corrected chi connectivity index (χ2v) is 5.90. The van der Waals surface area contributed by atoms with Crippen LogP contribution >= 0.6 is 0 Å². The van der Waals surface area contributed by atoms with Crippen LogP contribution in [0.5, 0.6) is 11.5 Å². The van der Waals surface area contributed by atoms with Gasteiger partial charge in [-0.3, -0.25) is 4.55 Å². The second kappa shape index (κ2) is 7.08. The van der Waals surface area contributed by atoms with Gasteiger partial charge in [0.15, 0.2) is 6.61 Å². The average Bonchev–Trinajstić information content (AvgIpc) is 2.53. The fourth-order valence-electron chi connectivity index (χ4n) is 1.68. The van der Waals surface area contributed by atoms with Gasteiger partial charge in [0.1, 0.15) is 11.5 Å². The van der Waals surface area contributed by atoms with Gasteiger partial charge < -0.3 is 9.47 Å². The summed E-state index contributed by atoms with van der Waals surface area (Å²) in [5.41, 5.74) is 0.903. The normalized spacial score (nSPS) is 10.8. The highest BCUT2D eigenvalue weighted by atomic mass is 32.2. The summed E-state index contributed by atoms with van der Waals surface area (Å²) in [6.45, 7) is 3.29. The average molecular weight is 334 g/mol. The lowest BCUT2D eigenvalue weighted by Gasteiger charge is -2.07. The Morgan fingerprint density at radius 3 is 2.13 bits per heavy atom. The number of rotatable bonds is 6. The van der Waals surface area contributed by atoms with Crippen LogP contribution in [-0.2, 0) is 14.9 Å². The van der Waals surface area contributed by atoms with Gasteiger partial charge in [-0.05, 0) is 42.0 Å². The van der Waals surface area contributed by atoms with Crippen molar-refractivity contribution in [3.8, 4) is 11.5 Å². The van der Waals surface area contributed by atoms with Crippen LogP contribution in [0.1, 0.15) is 5.56 Å². The molecular formula is C16H14O6S. The fraction of sp³-hybridized carbons (Fsp3) is 0.0625. The monoisotopic (exact) mass is 334 g/mol. The molecule has 0 aromatic heterocycles. The third-order valence-corrected chi connectivity index (χ3v) is 3.69. The van der Waals surface area contributed by atoms with E-state index in [4.69, 9.17) is 14.0 Å². The van der Waals surface area contributed by atoms with Gasteiger partial charge in [0.05, 0.1) is 4.90 Å². The lowest BCUT2D eigenvalue weighted by molar-refractivity contribution is -0.136. The zero-order valence-corrected chi connectivity index (χ0v) is 12.8. The molecule has 6 nitrogen and oxygen atoms in total. The summed E-state index contributed by atoms with van der Waals surface area (Å²) >= 11 is 0. The lowest BCUT2D eigenvalue weighted by Crippen LogP contribution is -2.17. The molecule has 2 aromatic carbocycles. The molecule has 0 aliphatic carbocycles. The number of ether oxygens (including phenoxy) is 2. The molecule has 0 atom stereocenters. The molecule has 23 heavy (non-hydrogen) atoms. The van der Waals surface area contributed by atoms with Crippen LogP contribution in [0.3, 0.4) is 0 Å². The molecule has 0 fully saturated rings. The molecule has 0 aliphatic heterocycles. The Balaban J connectivity index is 1.89. The first-order valence-corrected chi connectivity index (χ1v) is 7.96. The summed E-state index contributed by atoms with van der Waals surface area (Å²) in [7, 11) is -4.25. The van der Waals surface area contributed by atoms with Gasteiger partial charge in [-0.25, -0.2) is 4.79 Å². The van der Waals surface area contributed by atoms with Crippen molar-refractivity contribution in [2.24, 2.45) is 0 Å². The van der Waals surface area contributed by atoms with E-state index < -0.39 is 16.1 Å². The van der Waals surface area contributed by atoms with E-state index in [1.165, 1.54) is 24.3 Å². The molecule has 0 unspecified atom stereocenters. The van der Waals surface area contributed by atoms with Crippen LogP contribution in [-0.4, -0.2) is 25.5 Å². The number of esters is 1. The van der Waals surface area contributed by atoms with Crippen molar-refractivity contribution in [2.75, 3.05) is 6.61 Å². The summed E-state index contributed by atoms with van der Waals surface area (Å²) in [5, 5.41) is 0. The fourth-order valence-corrected chi connectivity index (χ4v) is 2.16. The van der Waals surface area contributed by atoms with Gasteiger partial charge in [0, 0.05) is 0 Å². The molecule has 2 aromatic rings. The Hall–Kier alpha value is -2.64. The molecular weight excluding hydrogens is 320 g/mol. The second-order valence-electron chi connectivity index (χ2n) is 4.48. The zero-order chi connectivity index (χ0) is 16.9. The third kappa shape index (κ3) is 4.94. The predicted octanol–water partition coefficient (Wildman–Crippen LogP) is 2.56. The largest absolute Gasteiger partial charge is 0.482 e. The molecule has 1 N–H and O–H groups in total. The molecule has 7 heteroatoms. The van der Waals surface area contributed by atoms with Gasteiger partial charge in [-0.2, -0.15) is 8.42 Å². The maximum absolute atomic E-state index is 11.7. The third-order valence-electron chi connectivity index (χ3n) is 2.83. The molecule has 120 valence electrons. The minimum Gasteiger partial charge on any atom is -0.482 e. The Labute approximate surface area is 133 Å². The van der Waals surface area contributed by atoms with Gasteiger partial charge in [0.2, 0.25) is 0 Å². The zero-order valence-electron chi connectivity index (χ0n) is 12.0. The molecule has 0 bridgehead atoms. The summed E-state index contributed by atoms with van der Waals surface area (Å²) < 4.78 is 40.9. The topological polar surface area (TPSA) is 89.9 Å². The first kappa shape index (κ1) is 16.7. The van der Waals surface area contributed by atoms with Gasteiger partial charge in [0.25, 0.3) is 10.1 Å². The molecule has 0 spiro atoms. The number of carbonyl (C=O) groups is 1. The molecule has 0 radical (unpaired) electrons. The van der Waals surface area contributed by atoms with Crippen molar-refractivity contribution in [1.82, 2.24) is 0 Å². The van der Waals surface area contributed by atoms with Crippen LogP contribution in [0.2, 0.25) is 0 Å². The Morgan fingerprint density at radius 1 is 1.04 bits per heavy atom. The minimum atomic E-state index is -4.25. The minimum absolute atomic E-state index is 0.255. The van der Waals surface area contributed by atoms with E-state index in [9.17, 15) is 13.2 Å². The molecule has 0 amide bonds. The molecule has 0 saturated heterocycles. The quantitative estimate of drug-likeness (QED) is 0.496. The van der Waals surface area contributed by atoms with Gasteiger partial charge in [-0.1, -0.05) is 24.8 Å². The van der Waals surface area contributed by atoms with E-state index in [0.29, 0.717) is 5.75 Å². The van der Waals surface area contributed by atoms with E-state index >= 15 is 0 Å². The number of hydrogen-bond donors (Lipinski definition) is 1. The first-order chi connectivity index (χ1) is 10.9. The van der Waals surface area contributed by atoms with Gasteiger partial charge >= 0.3 is 5.97 Å². The summed E-state index contributed by atoms with van der Waals surface area (Å²) in [5.74, 6) is 0.0532. The van der Waals surface area contributed by atoms with Crippen LogP contribution in [0.4, 0.5) is 0 Å². The summed E-state index contributed by atoms with van der Waals surface area (Å²) in [6, 6.07) is 11.8. The number of hydrogen-bond acceptors (Lipinski definition) is 5. The highest BCUT2D eigenvalue weighted by molar-refractivity contribution is 7.85. The van der Waals surface area contributed by atoms with E-state index in [-0.39, 0.29) is 17.3 Å². The van der Waals surface area contributed by atoms with E-state index in [1.54, 1.807) is 30.3 Å². The standard InChI is InChI=1S/C16H14O6S/c1-2-12-3-5-14(6-4-12)22-16(17)11-21-13-7-9-15(10-8-13)23(18,19)20/h2-10H,1,11H2,(H,18,19,20). The summed E-state index contributed by atoms with van der Waals surface area (Å²) in [4.78, 5) is 11.4. The van der Waals surface area contributed by atoms with Crippen LogP contribution in [0.15, 0.2) is 60.0 Å². The van der Waals surface area contributed by atoms with Crippen LogP contribution in [0, 0.1) is 0 Å². The van der Waals surface area contributed by atoms with Crippen molar-refractivity contribution in [1.29, 1.82) is 0 Å². The Kier molecular flexibility index (Phi) is 5.15. The van der Waals surface area contributed by atoms with Crippen molar-refractivity contribution < 1.29 is 27.2 Å². The van der Waals surface area contributed by atoms with Crippen LogP contribution < -0.4 is 9.47 Å². The summed E-state index contributed by atoms with van der Waals surface area (Å²) in [6.07, 6.45) is 1.67. The van der Waals surface area contributed by atoms with E-state index in [0.717, 1.165) is 5.56 Å². The number of carbonyl (C=O) groups excluding carboxylic acids is 1. The van der Waals surface area contributed by atoms with E-state index in [1.807, 2.05) is 0 Å². The highest BCUT2D eigenvalue weighted by Crippen LogP contribution is 2.16. The maximum atomic E-state index is 11.7. The molecule has 0 saturated carbocycles. The Morgan fingerprint density at radius 2 is 1.61 bits per heavy atom. The highest BCUT2D eigenvalue weighted by Gasteiger charge is 2.10.